The monoisotopic (exact) mass is 281 g/mol. The second kappa shape index (κ2) is 6.35. The van der Waals surface area contributed by atoms with Gasteiger partial charge >= 0.3 is 0 Å². The number of carbonyl (C=O) groups excluding carboxylic acids is 1. The van der Waals surface area contributed by atoms with E-state index in [4.69, 9.17) is 10.00 Å². The minimum atomic E-state index is -1.50. The Morgan fingerprint density at radius 3 is 2.84 bits per heavy atom. The van der Waals surface area contributed by atoms with Crippen LogP contribution in [0.2, 0.25) is 25.7 Å². The van der Waals surface area contributed by atoms with Crippen molar-refractivity contribution < 1.29 is 14.6 Å². The molecular weight excluding hydrogens is 264 g/mol. The number of nitriles is 1. The lowest BCUT2D eigenvalue weighted by Crippen LogP contribution is -2.29. The number of carboxylic acid groups (broad SMARTS) is 1. The molecule has 104 valence electrons. The standard InChI is InChI=1S/C11H18N4O3Si/c1-19(2,3)5-4-18-8-15-7-9(6-12)10(14-15)13-11(16)17/h7H,4-5,8H2,1-3H3,(H,13,14)(H,16,17)/p-1. The summed E-state index contributed by atoms with van der Waals surface area (Å²) in [6.45, 7) is 7.56. The number of hydrogen-bond acceptors (Lipinski definition) is 5. The van der Waals surface area contributed by atoms with Crippen molar-refractivity contribution in [1.82, 2.24) is 9.78 Å². The van der Waals surface area contributed by atoms with Crippen molar-refractivity contribution in [3.63, 3.8) is 0 Å². The lowest BCUT2D eigenvalue weighted by Gasteiger charge is -2.15. The van der Waals surface area contributed by atoms with Crippen LogP contribution in [0.1, 0.15) is 5.56 Å². The highest BCUT2D eigenvalue weighted by Gasteiger charge is 2.12. The van der Waals surface area contributed by atoms with Crippen molar-refractivity contribution in [1.29, 1.82) is 5.26 Å². The first-order chi connectivity index (χ1) is 8.81. The number of carbonyl (C=O) groups is 1. The fourth-order valence-electron chi connectivity index (χ4n) is 1.29. The van der Waals surface area contributed by atoms with Gasteiger partial charge in [-0.3, -0.25) is 0 Å². The normalized spacial score (nSPS) is 11.1. The van der Waals surface area contributed by atoms with Gasteiger partial charge in [-0.1, -0.05) is 19.6 Å². The Morgan fingerprint density at radius 2 is 2.32 bits per heavy atom. The Balaban J connectivity index is 2.53. The summed E-state index contributed by atoms with van der Waals surface area (Å²) in [5.41, 5.74) is 0.137. The summed E-state index contributed by atoms with van der Waals surface area (Å²) in [5, 5.41) is 25.1. The largest absolute Gasteiger partial charge is 0.530 e. The van der Waals surface area contributed by atoms with Gasteiger partial charge in [-0.25, -0.2) is 4.68 Å². The molecule has 0 saturated heterocycles. The molecule has 0 atom stereocenters. The van der Waals surface area contributed by atoms with Gasteiger partial charge in [-0.05, 0) is 6.04 Å². The third-order valence-corrected chi connectivity index (χ3v) is 4.03. The first-order valence-corrected chi connectivity index (χ1v) is 9.56. The zero-order valence-corrected chi connectivity index (χ0v) is 12.3. The molecule has 0 saturated carbocycles. The zero-order chi connectivity index (χ0) is 14.5. The predicted octanol–water partition coefficient (Wildman–Crippen LogP) is 0.822. The van der Waals surface area contributed by atoms with Gasteiger partial charge in [-0.15, -0.1) is 0 Å². The second-order valence-electron chi connectivity index (χ2n) is 5.30. The van der Waals surface area contributed by atoms with Crippen LogP contribution in [0.5, 0.6) is 0 Å². The highest BCUT2D eigenvalue weighted by molar-refractivity contribution is 6.76. The highest BCUT2D eigenvalue weighted by Crippen LogP contribution is 2.12. The summed E-state index contributed by atoms with van der Waals surface area (Å²) >= 11 is 0. The second-order valence-corrected chi connectivity index (χ2v) is 10.9. The maximum Gasteiger partial charge on any atom is 0.171 e. The van der Waals surface area contributed by atoms with Gasteiger partial charge in [0.2, 0.25) is 0 Å². The van der Waals surface area contributed by atoms with Crippen LogP contribution in [0.3, 0.4) is 0 Å². The fourth-order valence-corrected chi connectivity index (χ4v) is 2.05. The van der Waals surface area contributed by atoms with Crippen LogP contribution in [0.15, 0.2) is 6.20 Å². The van der Waals surface area contributed by atoms with Gasteiger partial charge in [0.05, 0.1) is 0 Å². The number of hydrogen-bond donors (Lipinski definition) is 1. The van der Waals surface area contributed by atoms with Gasteiger partial charge < -0.3 is 20.0 Å². The van der Waals surface area contributed by atoms with Gasteiger partial charge in [0.1, 0.15) is 24.5 Å². The first-order valence-electron chi connectivity index (χ1n) is 5.85. The van der Waals surface area contributed by atoms with E-state index in [0.717, 1.165) is 6.04 Å². The number of anilines is 1. The molecule has 1 aromatic rings. The summed E-state index contributed by atoms with van der Waals surface area (Å²) in [5.74, 6) is -0.0312. The molecule has 19 heavy (non-hydrogen) atoms. The van der Waals surface area contributed by atoms with E-state index in [2.05, 4.69) is 24.7 Å². The third kappa shape index (κ3) is 5.54. The molecule has 0 spiro atoms. The molecule has 0 fully saturated rings. The SMILES string of the molecule is C[Si](C)(C)CCOCn1cc(C#N)c(NC(=O)[O-])n1. The van der Waals surface area contributed by atoms with Crippen LogP contribution in [0.25, 0.3) is 0 Å². The van der Waals surface area contributed by atoms with E-state index in [1.807, 2.05) is 11.4 Å². The van der Waals surface area contributed by atoms with Crippen LogP contribution in [0, 0.1) is 11.3 Å². The molecule has 0 aliphatic heterocycles. The molecule has 1 N–H and O–H groups in total. The topological polar surface area (TPSA) is 103 Å². The highest BCUT2D eigenvalue weighted by atomic mass is 28.3. The average Bonchev–Trinajstić information content (AvgIpc) is 2.64. The molecule has 1 amide bonds. The summed E-state index contributed by atoms with van der Waals surface area (Å²) in [6.07, 6.45) is -0.0684. The van der Waals surface area contributed by atoms with Crippen LogP contribution >= 0.6 is 0 Å². The van der Waals surface area contributed by atoms with E-state index >= 15 is 0 Å². The Bertz CT molecular complexity index is 487. The molecule has 1 rings (SSSR count). The Hall–Kier alpha value is -1.85. The number of nitrogens with zero attached hydrogens (tertiary/aromatic N) is 3. The minimum absolute atomic E-state index is 0.0312. The molecule has 8 heteroatoms. The average molecular weight is 281 g/mol. The van der Waals surface area contributed by atoms with E-state index in [0.29, 0.717) is 6.61 Å². The molecule has 0 aromatic carbocycles. The number of aromatic nitrogens is 2. The smallest absolute Gasteiger partial charge is 0.171 e. The van der Waals surface area contributed by atoms with Crippen molar-refractivity contribution in [3.05, 3.63) is 11.8 Å². The Labute approximate surface area is 112 Å². The number of ether oxygens (including phenoxy) is 1. The van der Waals surface area contributed by atoms with Crippen molar-refractivity contribution >= 4 is 20.0 Å². The molecule has 1 aromatic heterocycles. The van der Waals surface area contributed by atoms with E-state index in [9.17, 15) is 9.90 Å². The third-order valence-electron chi connectivity index (χ3n) is 2.32. The van der Waals surface area contributed by atoms with Crippen LogP contribution in [-0.4, -0.2) is 30.6 Å². The fraction of sp³-hybridized carbons (Fsp3) is 0.545. The molecule has 1 heterocycles. The number of rotatable bonds is 6. The Morgan fingerprint density at radius 1 is 1.63 bits per heavy atom. The van der Waals surface area contributed by atoms with E-state index in [1.165, 1.54) is 10.9 Å². The van der Waals surface area contributed by atoms with Crippen molar-refractivity contribution in [3.8, 4) is 6.07 Å². The molecule has 0 radical (unpaired) electrons. The predicted molar refractivity (Wildman–Crippen MR) is 70.1 cm³/mol. The van der Waals surface area contributed by atoms with Crippen molar-refractivity contribution in [2.24, 2.45) is 0 Å². The van der Waals surface area contributed by atoms with E-state index in [-0.39, 0.29) is 18.1 Å². The van der Waals surface area contributed by atoms with Gasteiger partial charge in [0.25, 0.3) is 0 Å². The van der Waals surface area contributed by atoms with E-state index in [1.54, 1.807) is 0 Å². The first kappa shape index (κ1) is 15.2. The lowest BCUT2D eigenvalue weighted by atomic mass is 10.4. The van der Waals surface area contributed by atoms with Gasteiger partial charge in [0, 0.05) is 20.9 Å². The van der Waals surface area contributed by atoms with E-state index < -0.39 is 14.2 Å². The van der Waals surface area contributed by atoms with Crippen LogP contribution < -0.4 is 10.4 Å². The number of nitrogens with one attached hydrogen (secondary N) is 1. The molecule has 0 aliphatic carbocycles. The zero-order valence-electron chi connectivity index (χ0n) is 11.3. The maximum atomic E-state index is 10.4. The van der Waals surface area contributed by atoms with Crippen molar-refractivity contribution in [2.45, 2.75) is 32.4 Å². The summed E-state index contributed by atoms with van der Waals surface area (Å²) < 4.78 is 6.83. The quantitative estimate of drug-likeness (QED) is 0.614. The molecule has 0 aliphatic rings. The maximum absolute atomic E-state index is 10.4. The van der Waals surface area contributed by atoms with Gasteiger partial charge in [0.15, 0.2) is 5.82 Å². The molecule has 7 nitrogen and oxygen atoms in total. The van der Waals surface area contributed by atoms with Crippen LogP contribution in [-0.2, 0) is 11.5 Å². The van der Waals surface area contributed by atoms with Crippen LogP contribution in [0.4, 0.5) is 10.6 Å². The number of amides is 1. The van der Waals surface area contributed by atoms with Crippen molar-refractivity contribution in [2.75, 3.05) is 11.9 Å². The molecule has 0 unspecified atom stereocenters. The lowest BCUT2D eigenvalue weighted by molar-refractivity contribution is -0.242. The summed E-state index contributed by atoms with van der Waals surface area (Å²) in [7, 11) is -1.14. The summed E-state index contributed by atoms with van der Waals surface area (Å²) in [6, 6.07) is 2.88. The van der Waals surface area contributed by atoms with Gasteiger partial charge in [-0.2, -0.15) is 10.4 Å². The minimum Gasteiger partial charge on any atom is -0.530 e. The summed E-state index contributed by atoms with van der Waals surface area (Å²) in [4.78, 5) is 10.4. The molecular formula is C11H17N4O3Si-. The Kier molecular flexibility index (Phi) is 5.08. The molecule has 0 bridgehead atoms.